The van der Waals surface area contributed by atoms with Gasteiger partial charge in [-0.15, -0.1) is 0 Å². The fraction of sp³-hybridized carbons (Fsp3) is 0.250. The third kappa shape index (κ3) is 4.30. The monoisotopic (exact) mass is 355 g/mol. The summed E-state index contributed by atoms with van der Waals surface area (Å²) in [6.45, 7) is 3.56. The van der Waals surface area contributed by atoms with Crippen LogP contribution in [-0.4, -0.2) is 6.54 Å². The number of halogens is 3. The number of hydrogen-bond acceptors (Lipinski definition) is 1. The van der Waals surface area contributed by atoms with E-state index in [0.717, 1.165) is 40.1 Å². The van der Waals surface area contributed by atoms with E-state index in [1.807, 2.05) is 31.2 Å². The van der Waals surface area contributed by atoms with E-state index in [9.17, 15) is 4.39 Å². The van der Waals surface area contributed by atoms with E-state index in [1.165, 1.54) is 11.6 Å². The molecule has 1 nitrogen and oxygen atoms in total. The second-order valence-corrected chi connectivity index (χ2v) is 6.01. The van der Waals surface area contributed by atoms with Crippen LogP contribution < -0.4 is 5.32 Å². The molecule has 20 heavy (non-hydrogen) atoms. The summed E-state index contributed by atoms with van der Waals surface area (Å²) in [6.07, 6.45) is 0.885. The number of hydrogen-bond donors (Lipinski definition) is 1. The third-order valence-corrected chi connectivity index (χ3v) is 4.42. The maximum absolute atomic E-state index is 13.0. The molecule has 0 saturated heterocycles. The lowest BCUT2D eigenvalue weighted by Gasteiger charge is -2.08. The molecule has 0 spiro atoms. The van der Waals surface area contributed by atoms with Gasteiger partial charge in [-0.1, -0.05) is 23.7 Å². The van der Waals surface area contributed by atoms with Gasteiger partial charge in [0.2, 0.25) is 0 Å². The molecule has 0 aliphatic carbocycles. The molecule has 4 heteroatoms. The summed E-state index contributed by atoms with van der Waals surface area (Å²) in [5, 5.41) is 4.09. The molecule has 0 aliphatic heterocycles. The van der Waals surface area contributed by atoms with E-state index in [-0.39, 0.29) is 5.82 Å². The minimum absolute atomic E-state index is 0.177. The van der Waals surface area contributed by atoms with E-state index in [2.05, 4.69) is 21.2 Å². The smallest absolute Gasteiger partial charge is 0.123 e. The molecule has 0 aliphatic rings. The van der Waals surface area contributed by atoms with Gasteiger partial charge in [0.25, 0.3) is 0 Å². The fourth-order valence-corrected chi connectivity index (χ4v) is 2.49. The minimum atomic E-state index is -0.177. The first-order chi connectivity index (χ1) is 9.56. The van der Waals surface area contributed by atoms with Gasteiger partial charge >= 0.3 is 0 Å². The Bertz CT molecular complexity index is 601. The van der Waals surface area contributed by atoms with Crippen LogP contribution in [0.4, 0.5) is 4.39 Å². The molecule has 1 N–H and O–H groups in total. The largest absolute Gasteiger partial charge is 0.312 e. The predicted molar refractivity (Wildman–Crippen MR) is 85.7 cm³/mol. The van der Waals surface area contributed by atoms with Crippen molar-refractivity contribution in [1.82, 2.24) is 5.32 Å². The minimum Gasteiger partial charge on any atom is -0.312 e. The lowest BCUT2D eigenvalue weighted by molar-refractivity contribution is 0.624. The van der Waals surface area contributed by atoms with Gasteiger partial charge in [0.05, 0.1) is 5.02 Å². The van der Waals surface area contributed by atoms with Crippen molar-refractivity contribution in [2.24, 2.45) is 0 Å². The Labute approximate surface area is 132 Å². The number of rotatable bonds is 5. The van der Waals surface area contributed by atoms with E-state index >= 15 is 0 Å². The lowest BCUT2D eigenvalue weighted by Crippen LogP contribution is -2.17. The Morgan fingerprint density at radius 2 is 2.00 bits per heavy atom. The molecular formula is C16H16BrClFN. The average Bonchev–Trinajstić information content (AvgIpc) is 2.40. The summed E-state index contributed by atoms with van der Waals surface area (Å²) in [7, 11) is 0. The summed E-state index contributed by atoms with van der Waals surface area (Å²) in [5.41, 5.74) is 3.32. The van der Waals surface area contributed by atoms with Gasteiger partial charge in [-0.05, 0) is 76.8 Å². The molecule has 0 unspecified atom stereocenters. The highest BCUT2D eigenvalue weighted by molar-refractivity contribution is 9.10. The molecular weight excluding hydrogens is 341 g/mol. The van der Waals surface area contributed by atoms with Crippen molar-refractivity contribution in [3.63, 3.8) is 0 Å². The van der Waals surface area contributed by atoms with Crippen LogP contribution in [0.15, 0.2) is 40.9 Å². The quantitative estimate of drug-likeness (QED) is 0.753. The Hall–Kier alpha value is -0.900. The molecule has 2 rings (SSSR count). The molecule has 0 bridgehead atoms. The average molecular weight is 357 g/mol. The number of nitrogens with one attached hydrogen (secondary N) is 1. The first-order valence-electron chi connectivity index (χ1n) is 6.46. The Morgan fingerprint density at radius 1 is 1.20 bits per heavy atom. The molecule has 0 radical (unpaired) electrons. The van der Waals surface area contributed by atoms with E-state index in [0.29, 0.717) is 0 Å². The van der Waals surface area contributed by atoms with Gasteiger partial charge < -0.3 is 5.32 Å². The van der Waals surface area contributed by atoms with Gasteiger partial charge in [0.1, 0.15) is 5.82 Å². The zero-order valence-corrected chi connectivity index (χ0v) is 13.6. The van der Waals surface area contributed by atoms with Crippen molar-refractivity contribution in [3.05, 3.63) is 68.4 Å². The zero-order chi connectivity index (χ0) is 14.5. The lowest BCUT2D eigenvalue weighted by atomic mass is 10.1. The summed E-state index contributed by atoms with van der Waals surface area (Å²) in [5.74, 6) is -0.177. The molecule has 0 fully saturated rings. The number of benzene rings is 2. The standard InChI is InChI=1S/C16H16BrClFN/c1-11-8-14(19)4-3-13(11)6-7-20-10-12-2-5-15(17)16(18)9-12/h2-5,8-9,20H,6-7,10H2,1H3. The van der Waals surface area contributed by atoms with Crippen molar-refractivity contribution >= 4 is 27.5 Å². The van der Waals surface area contributed by atoms with Gasteiger partial charge in [0.15, 0.2) is 0 Å². The van der Waals surface area contributed by atoms with E-state index < -0.39 is 0 Å². The van der Waals surface area contributed by atoms with Crippen molar-refractivity contribution in [3.8, 4) is 0 Å². The third-order valence-electron chi connectivity index (χ3n) is 3.19. The van der Waals surface area contributed by atoms with Crippen LogP contribution in [-0.2, 0) is 13.0 Å². The van der Waals surface area contributed by atoms with Crippen LogP contribution >= 0.6 is 27.5 Å². The predicted octanol–water partition coefficient (Wildman–Crippen LogP) is 4.88. The van der Waals surface area contributed by atoms with E-state index in [1.54, 1.807) is 6.07 Å². The molecule has 0 saturated carbocycles. The fourth-order valence-electron chi connectivity index (χ4n) is 2.05. The highest BCUT2D eigenvalue weighted by Gasteiger charge is 2.01. The number of aryl methyl sites for hydroxylation is 1. The van der Waals surface area contributed by atoms with Crippen molar-refractivity contribution < 1.29 is 4.39 Å². The molecule has 0 heterocycles. The van der Waals surface area contributed by atoms with Crippen LogP contribution in [0, 0.1) is 12.7 Å². The van der Waals surface area contributed by atoms with Gasteiger partial charge in [-0.2, -0.15) is 0 Å². The molecule has 2 aromatic rings. The maximum atomic E-state index is 13.0. The molecule has 0 aromatic heterocycles. The second-order valence-electron chi connectivity index (χ2n) is 4.75. The van der Waals surface area contributed by atoms with Gasteiger partial charge in [-0.25, -0.2) is 4.39 Å². The van der Waals surface area contributed by atoms with Gasteiger partial charge in [0, 0.05) is 11.0 Å². The highest BCUT2D eigenvalue weighted by atomic mass is 79.9. The van der Waals surface area contributed by atoms with E-state index in [4.69, 9.17) is 11.6 Å². The van der Waals surface area contributed by atoms with Crippen LogP contribution in [0.2, 0.25) is 5.02 Å². The molecule has 0 atom stereocenters. The van der Waals surface area contributed by atoms with Gasteiger partial charge in [-0.3, -0.25) is 0 Å². The summed E-state index contributed by atoms with van der Waals surface area (Å²) < 4.78 is 13.9. The SMILES string of the molecule is Cc1cc(F)ccc1CCNCc1ccc(Br)c(Cl)c1. The van der Waals surface area contributed by atoms with Crippen molar-refractivity contribution in [2.45, 2.75) is 19.9 Å². The van der Waals surface area contributed by atoms with Crippen LogP contribution in [0.1, 0.15) is 16.7 Å². The van der Waals surface area contributed by atoms with Crippen molar-refractivity contribution in [2.75, 3.05) is 6.54 Å². The Morgan fingerprint density at radius 3 is 2.70 bits per heavy atom. The first-order valence-corrected chi connectivity index (χ1v) is 7.63. The maximum Gasteiger partial charge on any atom is 0.123 e. The summed E-state index contributed by atoms with van der Waals surface area (Å²) in [4.78, 5) is 0. The molecule has 106 valence electrons. The molecule has 2 aromatic carbocycles. The Kier molecular flexibility index (Phi) is 5.58. The summed E-state index contributed by atoms with van der Waals surface area (Å²) in [6, 6.07) is 10.9. The topological polar surface area (TPSA) is 12.0 Å². The van der Waals surface area contributed by atoms with Crippen molar-refractivity contribution in [1.29, 1.82) is 0 Å². The van der Waals surface area contributed by atoms with Crippen LogP contribution in [0.3, 0.4) is 0 Å². The zero-order valence-electron chi connectivity index (χ0n) is 11.2. The Balaban J connectivity index is 1.82. The van der Waals surface area contributed by atoms with Crippen LogP contribution in [0.5, 0.6) is 0 Å². The van der Waals surface area contributed by atoms with Crippen LogP contribution in [0.25, 0.3) is 0 Å². The normalized spacial score (nSPS) is 10.8. The first kappa shape index (κ1) is 15.5. The highest BCUT2D eigenvalue weighted by Crippen LogP contribution is 2.23. The molecule has 0 amide bonds. The second kappa shape index (κ2) is 7.21. The summed E-state index contributed by atoms with van der Waals surface area (Å²) >= 11 is 9.42.